The fourth-order valence-electron chi connectivity index (χ4n) is 2.62. The fourth-order valence-corrected chi connectivity index (χ4v) is 2.62. The Bertz CT molecular complexity index is 636. The monoisotopic (exact) mass is 285 g/mol. The van der Waals surface area contributed by atoms with Gasteiger partial charge in [-0.25, -0.2) is 4.98 Å². The van der Waals surface area contributed by atoms with Crippen molar-refractivity contribution in [1.29, 1.82) is 0 Å². The number of nitrogens with zero attached hydrogens (tertiary/aromatic N) is 1. The number of hydrogen-bond donors (Lipinski definition) is 2. The zero-order chi connectivity index (χ0) is 14.7. The Morgan fingerprint density at radius 2 is 2.33 bits per heavy atom. The average Bonchev–Trinajstić information content (AvgIpc) is 3.00. The first-order valence-electron chi connectivity index (χ1n) is 7.32. The van der Waals surface area contributed by atoms with E-state index in [0.717, 1.165) is 36.4 Å². The Morgan fingerprint density at radius 1 is 1.48 bits per heavy atom. The summed E-state index contributed by atoms with van der Waals surface area (Å²) in [6.45, 7) is 3.16. The van der Waals surface area contributed by atoms with Gasteiger partial charge in [0.2, 0.25) is 11.8 Å². The molecule has 1 aliphatic heterocycles. The molecule has 5 heteroatoms. The van der Waals surface area contributed by atoms with Gasteiger partial charge < -0.3 is 15.1 Å². The van der Waals surface area contributed by atoms with Crippen LogP contribution in [0.4, 0.5) is 5.69 Å². The molecular formula is C16H19N3O2. The van der Waals surface area contributed by atoms with Crippen LogP contribution in [0.1, 0.15) is 36.5 Å². The maximum absolute atomic E-state index is 12.4. The third-order valence-electron chi connectivity index (χ3n) is 3.76. The van der Waals surface area contributed by atoms with Gasteiger partial charge in [0.25, 0.3) is 0 Å². The lowest BCUT2D eigenvalue weighted by Gasteiger charge is -2.25. The predicted octanol–water partition coefficient (Wildman–Crippen LogP) is 2.45. The van der Waals surface area contributed by atoms with Gasteiger partial charge in [-0.3, -0.25) is 4.79 Å². The van der Waals surface area contributed by atoms with Gasteiger partial charge in [0.15, 0.2) is 0 Å². The number of fused-ring (bicyclic) bond motifs is 1. The second kappa shape index (κ2) is 5.99. The van der Waals surface area contributed by atoms with Gasteiger partial charge in [-0.1, -0.05) is 25.1 Å². The van der Waals surface area contributed by atoms with Crippen molar-refractivity contribution >= 4 is 11.6 Å². The lowest BCUT2D eigenvalue weighted by atomic mass is 9.90. The number of aryl methyl sites for hydroxylation is 1. The van der Waals surface area contributed by atoms with E-state index in [0.29, 0.717) is 12.4 Å². The topological polar surface area (TPSA) is 67.2 Å². The first-order valence-corrected chi connectivity index (χ1v) is 7.32. The van der Waals surface area contributed by atoms with E-state index >= 15 is 0 Å². The van der Waals surface area contributed by atoms with Crippen LogP contribution < -0.4 is 10.6 Å². The summed E-state index contributed by atoms with van der Waals surface area (Å²) in [5.41, 5.74) is 2.11. The molecule has 1 amide bonds. The number of oxazole rings is 1. The zero-order valence-electron chi connectivity index (χ0n) is 12.1. The number of carbonyl (C=O) groups is 1. The number of benzene rings is 1. The van der Waals surface area contributed by atoms with Crippen molar-refractivity contribution in [1.82, 2.24) is 10.3 Å². The molecule has 1 aromatic carbocycles. The van der Waals surface area contributed by atoms with E-state index in [9.17, 15) is 4.79 Å². The van der Waals surface area contributed by atoms with Crippen molar-refractivity contribution in [3.63, 3.8) is 0 Å². The molecule has 2 heterocycles. The SMILES string of the molecule is CCc1cnc(CNC(=O)C2CCNc3ccccc32)o1. The lowest BCUT2D eigenvalue weighted by molar-refractivity contribution is -0.123. The first-order chi connectivity index (χ1) is 10.3. The van der Waals surface area contributed by atoms with Crippen LogP contribution in [0.2, 0.25) is 0 Å². The maximum Gasteiger partial charge on any atom is 0.228 e. The lowest BCUT2D eigenvalue weighted by Crippen LogP contribution is -2.32. The second-order valence-corrected chi connectivity index (χ2v) is 5.15. The number of para-hydroxylation sites is 1. The van der Waals surface area contributed by atoms with E-state index in [1.165, 1.54) is 0 Å². The van der Waals surface area contributed by atoms with E-state index < -0.39 is 0 Å². The molecule has 0 saturated heterocycles. The van der Waals surface area contributed by atoms with Crippen LogP contribution >= 0.6 is 0 Å². The minimum atomic E-state index is -0.108. The highest BCUT2D eigenvalue weighted by Crippen LogP contribution is 2.31. The zero-order valence-corrected chi connectivity index (χ0v) is 12.1. The summed E-state index contributed by atoms with van der Waals surface area (Å²) in [5.74, 6) is 1.32. The summed E-state index contributed by atoms with van der Waals surface area (Å²) < 4.78 is 5.50. The molecule has 0 saturated carbocycles. The van der Waals surface area contributed by atoms with E-state index in [2.05, 4.69) is 15.6 Å². The standard InChI is InChI=1S/C16H19N3O2/c1-2-11-9-18-15(21-11)10-19-16(20)13-7-8-17-14-6-4-3-5-12(13)14/h3-6,9,13,17H,2,7-8,10H2,1H3,(H,19,20). The number of amides is 1. The third kappa shape index (κ3) is 2.91. The quantitative estimate of drug-likeness (QED) is 0.905. The summed E-state index contributed by atoms with van der Waals surface area (Å²) in [6.07, 6.45) is 3.32. The van der Waals surface area contributed by atoms with Crippen molar-refractivity contribution in [2.45, 2.75) is 32.2 Å². The van der Waals surface area contributed by atoms with Gasteiger partial charge in [-0.05, 0) is 18.1 Å². The first kappa shape index (κ1) is 13.7. The molecule has 110 valence electrons. The van der Waals surface area contributed by atoms with Crippen LogP contribution in [-0.4, -0.2) is 17.4 Å². The maximum atomic E-state index is 12.4. The van der Waals surface area contributed by atoms with E-state index in [1.807, 2.05) is 31.2 Å². The van der Waals surface area contributed by atoms with Crippen molar-refractivity contribution in [2.24, 2.45) is 0 Å². The normalized spacial score (nSPS) is 16.9. The summed E-state index contributed by atoms with van der Waals surface area (Å²) in [5, 5.41) is 6.25. The van der Waals surface area contributed by atoms with E-state index in [-0.39, 0.29) is 11.8 Å². The number of nitrogens with one attached hydrogen (secondary N) is 2. The molecule has 1 aromatic heterocycles. The highest BCUT2D eigenvalue weighted by Gasteiger charge is 2.26. The van der Waals surface area contributed by atoms with Crippen LogP contribution in [0, 0.1) is 0 Å². The van der Waals surface area contributed by atoms with Crippen molar-refractivity contribution in [2.75, 3.05) is 11.9 Å². The molecule has 0 aliphatic carbocycles. The molecule has 1 aliphatic rings. The summed E-state index contributed by atoms with van der Waals surface area (Å²) in [6, 6.07) is 7.96. The molecule has 1 atom stereocenters. The second-order valence-electron chi connectivity index (χ2n) is 5.15. The molecular weight excluding hydrogens is 266 g/mol. The molecule has 1 unspecified atom stereocenters. The summed E-state index contributed by atoms with van der Waals surface area (Å²) in [4.78, 5) is 16.6. The molecule has 5 nitrogen and oxygen atoms in total. The van der Waals surface area contributed by atoms with Crippen molar-refractivity contribution in [3.8, 4) is 0 Å². The van der Waals surface area contributed by atoms with Crippen LogP contribution in [-0.2, 0) is 17.8 Å². The predicted molar refractivity (Wildman–Crippen MR) is 80.0 cm³/mol. The molecule has 2 N–H and O–H groups in total. The van der Waals surface area contributed by atoms with Gasteiger partial charge >= 0.3 is 0 Å². The number of anilines is 1. The molecule has 2 aromatic rings. The van der Waals surface area contributed by atoms with Crippen LogP contribution in [0.15, 0.2) is 34.9 Å². The van der Waals surface area contributed by atoms with Crippen molar-refractivity contribution < 1.29 is 9.21 Å². The highest BCUT2D eigenvalue weighted by molar-refractivity contribution is 5.86. The van der Waals surface area contributed by atoms with Gasteiger partial charge in [0, 0.05) is 18.7 Å². The number of hydrogen-bond acceptors (Lipinski definition) is 4. The van der Waals surface area contributed by atoms with Gasteiger partial charge in [-0.15, -0.1) is 0 Å². The average molecular weight is 285 g/mol. The molecule has 3 rings (SSSR count). The Balaban J connectivity index is 1.66. The van der Waals surface area contributed by atoms with Crippen LogP contribution in [0.3, 0.4) is 0 Å². The third-order valence-corrected chi connectivity index (χ3v) is 3.76. The molecule has 0 spiro atoms. The Hall–Kier alpha value is -2.30. The van der Waals surface area contributed by atoms with Crippen LogP contribution in [0.25, 0.3) is 0 Å². The minimum Gasteiger partial charge on any atom is -0.444 e. The summed E-state index contributed by atoms with van der Waals surface area (Å²) >= 11 is 0. The van der Waals surface area contributed by atoms with E-state index in [1.54, 1.807) is 6.20 Å². The Kier molecular flexibility index (Phi) is 3.90. The van der Waals surface area contributed by atoms with Crippen LogP contribution in [0.5, 0.6) is 0 Å². The number of carbonyl (C=O) groups excluding carboxylic acids is 1. The smallest absolute Gasteiger partial charge is 0.228 e. The Labute approximate surface area is 123 Å². The minimum absolute atomic E-state index is 0.0280. The number of aromatic nitrogens is 1. The summed E-state index contributed by atoms with van der Waals surface area (Å²) in [7, 11) is 0. The van der Waals surface area contributed by atoms with Gasteiger partial charge in [0.05, 0.1) is 18.7 Å². The van der Waals surface area contributed by atoms with Crippen molar-refractivity contribution in [3.05, 3.63) is 47.7 Å². The largest absolute Gasteiger partial charge is 0.444 e. The Morgan fingerprint density at radius 3 is 3.14 bits per heavy atom. The van der Waals surface area contributed by atoms with E-state index in [4.69, 9.17) is 4.42 Å². The highest BCUT2D eigenvalue weighted by atomic mass is 16.4. The number of rotatable bonds is 4. The molecule has 21 heavy (non-hydrogen) atoms. The fraction of sp³-hybridized carbons (Fsp3) is 0.375. The molecule has 0 bridgehead atoms. The van der Waals surface area contributed by atoms with Gasteiger partial charge in [0.1, 0.15) is 5.76 Å². The van der Waals surface area contributed by atoms with Gasteiger partial charge in [-0.2, -0.15) is 0 Å². The molecule has 0 fully saturated rings. The molecule has 0 radical (unpaired) electrons.